The Morgan fingerprint density at radius 1 is 1.43 bits per heavy atom. The number of benzene rings is 1. The molecular formula is C12H15BrO. The van der Waals surface area contributed by atoms with Crippen LogP contribution in [0, 0.1) is 5.92 Å². The molecule has 1 fully saturated rings. The van der Waals surface area contributed by atoms with E-state index in [1.54, 1.807) is 0 Å². The molecule has 0 radical (unpaired) electrons. The standard InChI is InChI=1S/C12H15BrO/c1-12(13)7-11(12)9-14-8-10-5-3-2-4-6-10/h2-6,11H,7-9H2,1H3. The number of halogens is 1. The summed E-state index contributed by atoms with van der Waals surface area (Å²) in [7, 11) is 0. The van der Waals surface area contributed by atoms with E-state index in [0.717, 1.165) is 13.2 Å². The van der Waals surface area contributed by atoms with Gasteiger partial charge < -0.3 is 4.74 Å². The third kappa shape index (κ3) is 2.58. The second-order valence-corrected chi connectivity index (χ2v) is 5.99. The quantitative estimate of drug-likeness (QED) is 0.749. The molecule has 2 rings (SSSR count). The van der Waals surface area contributed by atoms with Gasteiger partial charge in [0.25, 0.3) is 0 Å². The first-order valence-corrected chi connectivity index (χ1v) is 5.78. The van der Waals surface area contributed by atoms with Gasteiger partial charge in [-0.05, 0) is 24.8 Å². The Balaban J connectivity index is 1.69. The topological polar surface area (TPSA) is 9.23 Å². The molecule has 1 aliphatic rings. The minimum atomic E-state index is 0.351. The third-order valence-corrected chi connectivity index (χ3v) is 3.74. The van der Waals surface area contributed by atoms with Crippen LogP contribution in [0.1, 0.15) is 18.9 Å². The molecule has 2 atom stereocenters. The number of rotatable bonds is 4. The van der Waals surface area contributed by atoms with Crippen LogP contribution < -0.4 is 0 Å². The Hall–Kier alpha value is -0.340. The van der Waals surface area contributed by atoms with E-state index in [0.29, 0.717) is 10.2 Å². The summed E-state index contributed by atoms with van der Waals surface area (Å²) in [5.74, 6) is 0.700. The van der Waals surface area contributed by atoms with Crippen molar-refractivity contribution in [1.82, 2.24) is 0 Å². The predicted octanol–water partition coefficient (Wildman–Crippen LogP) is 3.38. The minimum absolute atomic E-state index is 0.351. The van der Waals surface area contributed by atoms with Crippen LogP contribution in [0.4, 0.5) is 0 Å². The van der Waals surface area contributed by atoms with Gasteiger partial charge in [0.15, 0.2) is 0 Å². The first-order valence-electron chi connectivity index (χ1n) is 4.99. The van der Waals surface area contributed by atoms with Crippen molar-refractivity contribution >= 4 is 15.9 Å². The highest BCUT2D eigenvalue weighted by Gasteiger charge is 2.47. The summed E-state index contributed by atoms with van der Waals surface area (Å²) < 4.78 is 6.00. The maximum atomic E-state index is 5.65. The fourth-order valence-corrected chi connectivity index (χ4v) is 2.07. The van der Waals surface area contributed by atoms with Gasteiger partial charge in [0.1, 0.15) is 0 Å². The van der Waals surface area contributed by atoms with Gasteiger partial charge in [0, 0.05) is 4.32 Å². The fourth-order valence-electron chi connectivity index (χ4n) is 1.55. The Labute approximate surface area is 93.6 Å². The van der Waals surface area contributed by atoms with Crippen molar-refractivity contribution < 1.29 is 4.74 Å². The zero-order valence-electron chi connectivity index (χ0n) is 8.37. The molecule has 1 aromatic rings. The normalized spacial score (nSPS) is 30.3. The van der Waals surface area contributed by atoms with Crippen molar-refractivity contribution in [3.63, 3.8) is 0 Å². The third-order valence-electron chi connectivity index (χ3n) is 2.77. The summed E-state index contributed by atoms with van der Waals surface area (Å²) in [4.78, 5) is 0. The van der Waals surface area contributed by atoms with Gasteiger partial charge in [-0.15, -0.1) is 0 Å². The van der Waals surface area contributed by atoms with Crippen molar-refractivity contribution in [3.8, 4) is 0 Å². The van der Waals surface area contributed by atoms with Crippen molar-refractivity contribution in [2.75, 3.05) is 6.61 Å². The highest BCUT2D eigenvalue weighted by atomic mass is 79.9. The molecule has 0 aromatic heterocycles. The molecule has 0 bridgehead atoms. The fraction of sp³-hybridized carbons (Fsp3) is 0.500. The van der Waals surface area contributed by atoms with E-state index >= 15 is 0 Å². The Morgan fingerprint density at radius 3 is 2.64 bits per heavy atom. The Bertz CT molecular complexity index is 294. The van der Waals surface area contributed by atoms with Crippen LogP contribution in [0.15, 0.2) is 30.3 Å². The molecule has 0 heterocycles. The van der Waals surface area contributed by atoms with E-state index in [1.165, 1.54) is 12.0 Å². The van der Waals surface area contributed by atoms with E-state index in [4.69, 9.17) is 4.74 Å². The first kappa shape index (κ1) is 10.2. The summed E-state index contributed by atoms with van der Waals surface area (Å²) in [5, 5.41) is 0. The first-order chi connectivity index (χ1) is 6.68. The lowest BCUT2D eigenvalue weighted by Crippen LogP contribution is -2.02. The number of hydrogen-bond acceptors (Lipinski definition) is 1. The van der Waals surface area contributed by atoms with Crippen LogP contribution >= 0.6 is 15.9 Å². The maximum absolute atomic E-state index is 5.65. The smallest absolute Gasteiger partial charge is 0.0717 e. The van der Waals surface area contributed by atoms with Gasteiger partial charge >= 0.3 is 0 Å². The minimum Gasteiger partial charge on any atom is -0.376 e. The number of hydrogen-bond donors (Lipinski definition) is 0. The molecule has 0 N–H and O–H groups in total. The molecule has 2 unspecified atom stereocenters. The van der Waals surface area contributed by atoms with Crippen molar-refractivity contribution in [3.05, 3.63) is 35.9 Å². The molecule has 0 saturated heterocycles. The zero-order valence-corrected chi connectivity index (χ0v) is 9.96. The highest BCUT2D eigenvalue weighted by molar-refractivity contribution is 9.10. The summed E-state index contributed by atoms with van der Waals surface area (Å²) in [6, 6.07) is 10.3. The SMILES string of the molecule is CC1(Br)CC1COCc1ccccc1. The van der Waals surface area contributed by atoms with Gasteiger partial charge in [0.05, 0.1) is 13.2 Å². The number of alkyl halides is 1. The second kappa shape index (κ2) is 4.03. The second-order valence-electron chi connectivity index (χ2n) is 4.18. The van der Waals surface area contributed by atoms with E-state index in [-0.39, 0.29) is 0 Å². The molecule has 1 nitrogen and oxygen atoms in total. The lowest BCUT2D eigenvalue weighted by Gasteiger charge is -2.04. The summed E-state index contributed by atoms with van der Waals surface area (Å²) in [5.41, 5.74) is 1.25. The molecule has 0 spiro atoms. The van der Waals surface area contributed by atoms with E-state index in [1.807, 2.05) is 18.2 Å². The molecule has 2 heteroatoms. The van der Waals surface area contributed by atoms with Crippen molar-refractivity contribution in [2.24, 2.45) is 5.92 Å². The van der Waals surface area contributed by atoms with Crippen molar-refractivity contribution in [2.45, 2.75) is 24.3 Å². The average Bonchev–Trinajstić information content (AvgIpc) is 2.76. The van der Waals surface area contributed by atoms with Crippen LogP contribution in [0.2, 0.25) is 0 Å². The molecular weight excluding hydrogens is 240 g/mol. The monoisotopic (exact) mass is 254 g/mol. The van der Waals surface area contributed by atoms with Gasteiger partial charge in [0.2, 0.25) is 0 Å². The van der Waals surface area contributed by atoms with Crippen LogP contribution in [0.25, 0.3) is 0 Å². The van der Waals surface area contributed by atoms with Crippen LogP contribution in [0.3, 0.4) is 0 Å². The van der Waals surface area contributed by atoms with Gasteiger partial charge in [-0.3, -0.25) is 0 Å². The van der Waals surface area contributed by atoms with E-state index in [2.05, 4.69) is 35.0 Å². The number of ether oxygens (including phenoxy) is 1. The molecule has 1 aliphatic carbocycles. The molecule has 76 valence electrons. The summed E-state index contributed by atoms with van der Waals surface area (Å²) in [6.07, 6.45) is 1.24. The Kier molecular flexibility index (Phi) is 2.93. The average molecular weight is 255 g/mol. The summed E-state index contributed by atoms with van der Waals surface area (Å²) >= 11 is 3.66. The van der Waals surface area contributed by atoms with Gasteiger partial charge in [-0.1, -0.05) is 46.3 Å². The maximum Gasteiger partial charge on any atom is 0.0717 e. The van der Waals surface area contributed by atoms with Crippen molar-refractivity contribution in [1.29, 1.82) is 0 Å². The molecule has 0 amide bonds. The predicted molar refractivity (Wildman–Crippen MR) is 61.5 cm³/mol. The van der Waals surface area contributed by atoms with E-state index < -0.39 is 0 Å². The summed E-state index contributed by atoms with van der Waals surface area (Å²) in [6.45, 7) is 3.83. The van der Waals surface area contributed by atoms with E-state index in [9.17, 15) is 0 Å². The lowest BCUT2D eigenvalue weighted by atomic mass is 10.2. The van der Waals surface area contributed by atoms with Crippen LogP contribution in [0.5, 0.6) is 0 Å². The Morgan fingerprint density at radius 2 is 2.07 bits per heavy atom. The largest absolute Gasteiger partial charge is 0.376 e. The molecule has 1 saturated carbocycles. The highest BCUT2D eigenvalue weighted by Crippen LogP contribution is 2.50. The zero-order chi connectivity index (χ0) is 10.0. The lowest BCUT2D eigenvalue weighted by molar-refractivity contribution is 0.110. The molecule has 0 aliphatic heterocycles. The van der Waals surface area contributed by atoms with Gasteiger partial charge in [-0.2, -0.15) is 0 Å². The molecule has 1 aromatic carbocycles. The van der Waals surface area contributed by atoms with Crippen LogP contribution in [-0.4, -0.2) is 10.9 Å². The van der Waals surface area contributed by atoms with Crippen LogP contribution in [-0.2, 0) is 11.3 Å². The van der Waals surface area contributed by atoms with Gasteiger partial charge in [-0.25, -0.2) is 0 Å². The molecule has 14 heavy (non-hydrogen) atoms.